The van der Waals surface area contributed by atoms with E-state index in [1.54, 1.807) is 12.3 Å². The first-order valence-electron chi connectivity index (χ1n) is 6.35. The van der Waals surface area contributed by atoms with E-state index in [0.717, 1.165) is 17.1 Å². The molecular formula is C16H13ClN2O. The molecule has 2 aliphatic heterocycles. The minimum absolute atomic E-state index is 0.0554. The van der Waals surface area contributed by atoms with E-state index in [4.69, 9.17) is 11.6 Å². The van der Waals surface area contributed by atoms with Gasteiger partial charge in [-0.2, -0.15) is 0 Å². The number of hydrogen-bond donors (Lipinski definition) is 0. The molecule has 4 heteroatoms. The summed E-state index contributed by atoms with van der Waals surface area (Å²) in [6, 6.07) is 13.0. The van der Waals surface area contributed by atoms with Crippen LogP contribution in [0.4, 0.5) is 0 Å². The van der Waals surface area contributed by atoms with Crippen molar-refractivity contribution in [2.24, 2.45) is 0 Å². The average molecular weight is 285 g/mol. The fraction of sp³-hybridized carbons (Fsp3) is 0.125. The summed E-state index contributed by atoms with van der Waals surface area (Å²) in [7, 11) is 0. The molecule has 0 spiro atoms. The lowest BCUT2D eigenvalue weighted by atomic mass is 10.1. The van der Waals surface area contributed by atoms with Crippen LogP contribution in [-0.4, -0.2) is 15.3 Å². The van der Waals surface area contributed by atoms with Gasteiger partial charge in [-0.25, -0.2) is 4.98 Å². The van der Waals surface area contributed by atoms with Crippen molar-refractivity contribution in [1.82, 2.24) is 9.55 Å². The summed E-state index contributed by atoms with van der Waals surface area (Å²) < 4.78 is 1.84. The molecule has 0 radical (unpaired) electrons. The van der Waals surface area contributed by atoms with Crippen molar-refractivity contribution >= 4 is 17.4 Å². The lowest BCUT2D eigenvalue weighted by Crippen LogP contribution is -2.13. The highest BCUT2D eigenvalue weighted by Gasteiger charge is 2.16. The lowest BCUT2D eigenvalue weighted by Gasteiger charge is -2.11. The normalized spacial score (nSPS) is 10.9. The molecule has 3 nitrogen and oxygen atoms in total. The van der Waals surface area contributed by atoms with Crippen LogP contribution in [0.25, 0.3) is 11.4 Å². The van der Waals surface area contributed by atoms with Gasteiger partial charge in [0, 0.05) is 23.0 Å². The van der Waals surface area contributed by atoms with Gasteiger partial charge < -0.3 is 4.57 Å². The predicted molar refractivity (Wildman–Crippen MR) is 79.4 cm³/mol. The molecule has 0 atom stereocenters. The number of aryl methyl sites for hydroxylation is 1. The summed E-state index contributed by atoms with van der Waals surface area (Å²) in [5.41, 5.74) is 2.48. The summed E-state index contributed by atoms with van der Waals surface area (Å²) in [4.78, 5) is 16.7. The molecule has 0 aromatic heterocycles. The van der Waals surface area contributed by atoms with Crippen molar-refractivity contribution in [3.05, 3.63) is 64.9 Å². The van der Waals surface area contributed by atoms with Gasteiger partial charge in [0.15, 0.2) is 5.78 Å². The number of fused-ring (bicyclic) bond motifs is 1. The molecule has 2 heterocycles. The first-order valence-corrected chi connectivity index (χ1v) is 6.73. The third kappa shape index (κ3) is 2.32. The lowest BCUT2D eigenvalue weighted by molar-refractivity contribution is 0.0972. The first kappa shape index (κ1) is 12.9. The summed E-state index contributed by atoms with van der Waals surface area (Å²) in [6.07, 6.45) is 1.80. The average Bonchev–Trinajstić information content (AvgIpc) is 2.86. The maximum absolute atomic E-state index is 12.3. The Morgan fingerprint density at radius 1 is 1.25 bits per heavy atom. The summed E-state index contributed by atoms with van der Waals surface area (Å²) in [5, 5.41) is 0.656. The molecule has 20 heavy (non-hydrogen) atoms. The molecule has 0 amide bonds. The van der Waals surface area contributed by atoms with Crippen LogP contribution in [0, 0.1) is 6.92 Å². The number of Topliss-reactive ketones (excluding diaryl/α,β-unsaturated/α-hetero) is 1. The Labute approximate surface area is 122 Å². The summed E-state index contributed by atoms with van der Waals surface area (Å²) >= 11 is 6.16. The van der Waals surface area contributed by atoms with Gasteiger partial charge in [0.1, 0.15) is 5.82 Å². The van der Waals surface area contributed by atoms with Crippen LogP contribution < -0.4 is 0 Å². The molecule has 0 N–H and O–H groups in total. The second-order valence-corrected chi connectivity index (χ2v) is 5.12. The number of ketones is 1. The monoisotopic (exact) mass is 284 g/mol. The van der Waals surface area contributed by atoms with Gasteiger partial charge in [-0.1, -0.05) is 41.9 Å². The Hall–Kier alpha value is -2.13. The molecule has 2 aliphatic rings. The number of benzene rings is 1. The zero-order valence-corrected chi connectivity index (χ0v) is 11.8. The fourth-order valence-corrected chi connectivity index (χ4v) is 2.44. The van der Waals surface area contributed by atoms with Crippen molar-refractivity contribution in [2.45, 2.75) is 13.5 Å². The smallest absolute Gasteiger partial charge is 0.182 e. The van der Waals surface area contributed by atoms with Crippen molar-refractivity contribution in [3.8, 4) is 11.4 Å². The minimum atomic E-state index is 0.0554. The molecular weight excluding hydrogens is 272 g/mol. The van der Waals surface area contributed by atoms with Crippen LogP contribution in [-0.2, 0) is 6.54 Å². The molecule has 0 fully saturated rings. The molecule has 0 unspecified atom stereocenters. The number of carbonyl (C=O) groups is 1. The maximum Gasteiger partial charge on any atom is 0.182 e. The van der Waals surface area contributed by atoms with Gasteiger partial charge in [-0.3, -0.25) is 4.79 Å². The minimum Gasteiger partial charge on any atom is -0.325 e. The SMILES string of the molecule is Cc1cc2c(Cl)ccn(CC(=O)c3ccccc3)c-2n1. The quantitative estimate of drug-likeness (QED) is 0.685. The van der Waals surface area contributed by atoms with E-state index in [1.807, 2.05) is 47.9 Å². The van der Waals surface area contributed by atoms with Gasteiger partial charge in [-0.15, -0.1) is 0 Å². The van der Waals surface area contributed by atoms with Gasteiger partial charge >= 0.3 is 0 Å². The van der Waals surface area contributed by atoms with E-state index >= 15 is 0 Å². The zero-order chi connectivity index (χ0) is 14.1. The Morgan fingerprint density at radius 2 is 2.00 bits per heavy atom. The van der Waals surface area contributed by atoms with Gasteiger partial charge in [0.05, 0.1) is 11.6 Å². The Bertz CT molecular complexity index is 734. The maximum atomic E-state index is 12.3. The van der Waals surface area contributed by atoms with Crippen LogP contribution in [0.2, 0.25) is 5.02 Å². The first-order chi connectivity index (χ1) is 9.65. The van der Waals surface area contributed by atoms with Gasteiger partial charge in [0.2, 0.25) is 0 Å². The number of carbonyl (C=O) groups excluding carboxylic acids is 1. The molecule has 0 saturated heterocycles. The Morgan fingerprint density at radius 3 is 2.75 bits per heavy atom. The third-order valence-electron chi connectivity index (χ3n) is 3.22. The van der Waals surface area contributed by atoms with Crippen LogP contribution in [0.3, 0.4) is 0 Å². The second kappa shape index (κ2) is 5.10. The number of nitrogens with zero attached hydrogens (tertiary/aromatic N) is 2. The highest BCUT2D eigenvalue weighted by molar-refractivity contribution is 6.33. The van der Waals surface area contributed by atoms with Crippen molar-refractivity contribution in [2.75, 3.05) is 0 Å². The van der Waals surface area contributed by atoms with E-state index in [0.29, 0.717) is 10.6 Å². The standard InChI is InChI=1S/C16H13ClN2O/c1-11-9-13-14(17)7-8-19(16(13)18-11)10-15(20)12-5-3-2-4-6-12/h2-9H,10H2,1H3. The highest BCUT2D eigenvalue weighted by atomic mass is 35.5. The number of rotatable bonds is 3. The molecule has 0 aliphatic carbocycles. The van der Waals surface area contributed by atoms with Gasteiger partial charge in [0.25, 0.3) is 0 Å². The number of hydrogen-bond acceptors (Lipinski definition) is 2. The third-order valence-corrected chi connectivity index (χ3v) is 3.55. The van der Waals surface area contributed by atoms with Crippen molar-refractivity contribution in [1.29, 1.82) is 0 Å². The molecule has 0 bridgehead atoms. The molecule has 100 valence electrons. The van der Waals surface area contributed by atoms with Crippen LogP contribution in [0.1, 0.15) is 16.1 Å². The van der Waals surface area contributed by atoms with Crippen molar-refractivity contribution < 1.29 is 4.79 Å². The molecule has 3 rings (SSSR count). The molecule has 1 aromatic carbocycles. The number of halogens is 1. The van der Waals surface area contributed by atoms with Crippen molar-refractivity contribution in [3.63, 3.8) is 0 Å². The zero-order valence-electron chi connectivity index (χ0n) is 11.0. The van der Waals surface area contributed by atoms with E-state index in [2.05, 4.69) is 4.98 Å². The van der Waals surface area contributed by atoms with Crippen LogP contribution >= 0.6 is 11.6 Å². The summed E-state index contributed by atoms with van der Waals surface area (Å²) in [6.45, 7) is 2.17. The van der Waals surface area contributed by atoms with Crippen LogP contribution in [0.15, 0.2) is 48.7 Å². The molecule has 0 saturated carbocycles. The van der Waals surface area contributed by atoms with E-state index in [1.165, 1.54) is 0 Å². The predicted octanol–water partition coefficient (Wildman–Crippen LogP) is 3.83. The van der Waals surface area contributed by atoms with Crippen LogP contribution in [0.5, 0.6) is 0 Å². The van der Waals surface area contributed by atoms with E-state index in [9.17, 15) is 4.79 Å². The van der Waals surface area contributed by atoms with E-state index < -0.39 is 0 Å². The fourth-order valence-electron chi connectivity index (χ4n) is 2.24. The largest absolute Gasteiger partial charge is 0.325 e. The highest BCUT2D eigenvalue weighted by Crippen LogP contribution is 2.30. The Kier molecular flexibility index (Phi) is 3.28. The summed E-state index contributed by atoms with van der Waals surface area (Å²) in [5.74, 6) is 0.805. The Balaban J connectivity index is 1.96. The topological polar surface area (TPSA) is 34.9 Å². The number of pyridine rings is 1. The van der Waals surface area contributed by atoms with E-state index in [-0.39, 0.29) is 12.3 Å². The second-order valence-electron chi connectivity index (χ2n) is 4.72. The number of aromatic nitrogens is 2. The molecule has 1 aromatic rings. The van der Waals surface area contributed by atoms with Gasteiger partial charge in [-0.05, 0) is 19.1 Å².